The monoisotopic (exact) mass is 351 g/mol. The molecule has 0 unspecified atom stereocenters. The molecule has 3 rings (SSSR count). The molecule has 0 amide bonds. The van der Waals surface area contributed by atoms with E-state index in [1.54, 1.807) is 0 Å². The van der Waals surface area contributed by atoms with Gasteiger partial charge in [0.25, 0.3) is 0 Å². The van der Waals surface area contributed by atoms with Crippen molar-refractivity contribution in [3.63, 3.8) is 0 Å². The molecule has 3 aromatic carbocycles. The summed E-state index contributed by atoms with van der Waals surface area (Å²) in [6, 6.07) is 11.8. The van der Waals surface area contributed by atoms with E-state index in [0.717, 1.165) is 43.3 Å². The summed E-state index contributed by atoms with van der Waals surface area (Å²) in [5.74, 6) is 0.497. The Hall–Kier alpha value is -2.42. The number of hydrogen-bond acceptors (Lipinski definition) is 3. The normalized spacial score (nSPS) is 11.3. The summed E-state index contributed by atoms with van der Waals surface area (Å²) in [5, 5.41) is 27.8. The fraction of sp³-hybridized carbons (Fsp3) is 0.391. The first-order valence-corrected chi connectivity index (χ1v) is 9.79. The molecule has 0 aliphatic heterocycles. The molecule has 3 nitrogen and oxygen atoms in total. The Kier molecular flexibility index (Phi) is 5.87. The highest BCUT2D eigenvalue weighted by molar-refractivity contribution is 6.11. The van der Waals surface area contributed by atoms with Crippen LogP contribution in [-0.2, 0) is 6.42 Å². The summed E-state index contributed by atoms with van der Waals surface area (Å²) in [5.41, 5.74) is 2.18. The molecule has 3 aromatic rings. The van der Waals surface area contributed by atoms with E-state index in [2.05, 4.69) is 25.2 Å². The SMILES string of the molecule is CCCCCc1ccc2c(O)c3ccc(NCCCC)cc3c(O)c2c1. The van der Waals surface area contributed by atoms with Crippen LogP contribution in [0.15, 0.2) is 36.4 Å². The minimum atomic E-state index is 0.244. The minimum Gasteiger partial charge on any atom is -0.507 e. The van der Waals surface area contributed by atoms with Crippen LogP contribution in [0.1, 0.15) is 51.5 Å². The van der Waals surface area contributed by atoms with Crippen LogP contribution in [0.4, 0.5) is 5.69 Å². The van der Waals surface area contributed by atoms with E-state index in [9.17, 15) is 10.2 Å². The van der Waals surface area contributed by atoms with Crippen molar-refractivity contribution in [1.82, 2.24) is 0 Å². The first-order chi connectivity index (χ1) is 12.7. The lowest BCUT2D eigenvalue weighted by atomic mass is 9.97. The Balaban J connectivity index is 2.03. The number of fused-ring (bicyclic) bond motifs is 2. The lowest BCUT2D eigenvalue weighted by molar-refractivity contribution is 0.478. The maximum atomic E-state index is 10.9. The third-order valence-electron chi connectivity index (χ3n) is 5.05. The number of nitrogens with one attached hydrogen (secondary N) is 1. The van der Waals surface area contributed by atoms with E-state index in [-0.39, 0.29) is 11.5 Å². The van der Waals surface area contributed by atoms with Gasteiger partial charge in [-0.15, -0.1) is 0 Å². The van der Waals surface area contributed by atoms with Gasteiger partial charge in [-0.3, -0.25) is 0 Å². The number of hydrogen-bond donors (Lipinski definition) is 3. The smallest absolute Gasteiger partial charge is 0.131 e. The lowest BCUT2D eigenvalue weighted by Gasteiger charge is -2.13. The molecule has 0 atom stereocenters. The average molecular weight is 351 g/mol. The van der Waals surface area contributed by atoms with Crippen molar-refractivity contribution in [2.45, 2.75) is 52.4 Å². The predicted octanol–water partition coefficient (Wildman–Crippen LogP) is 6.35. The number of aryl methyl sites for hydroxylation is 1. The van der Waals surface area contributed by atoms with Crippen LogP contribution in [0.3, 0.4) is 0 Å². The maximum Gasteiger partial charge on any atom is 0.131 e. The van der Waals surface area contributed by atoms with Crippen LogP contribution in [0.25, 0.3) is 21.5 Å². The van der Waals surface area contributed by atoms with Crippen LogP contribution in [0.5, 0.6) is 11.5 Å². The third kappa shape index (κ3) is 3.72. The fourth-order valence-electron chi connectivity index (χ4n) is 3.48. The van der Waals surface area contributed by atoms with Crippen molar-refractivity contribution in [3.05, 3.63) is 42.0 Å². The summed E-state index contributed by atoms with van der Waals surface area (Å²) in [7, 11) is 0. The third-order valence-corrected chi connectivity index (χ3v) is 5.05. The van der Waals surface area contributed by atoms with Crippen LogP contribution >= 0.6 is 0 Å². The molecule has 26 heavy (non-hydrogen) atoms. The van der Waals surface area contributed by atoms with Gasteiger partial charge >= 0.3 is 0 Å². The Bertz CT molecular complexity index is 831. The molecule has 138 valence electrons. The van der Waals surface area contributed by atoms with Gasteiger partial charge < -0.3 is 15.5 Å². The second-order valence-corrected chi connectivity index (χ2v) is 7.07. The van der Waals surface area contributed by atoms with Gasteiger partial charge in [0.2, 0.25) is 0 Å². The predicted molar refractivity (Wildman–Crippen MR) is 111 cm³/mol. The van der Waals surface area contributed by atoms with Gasteiger partial charge in [-0.2, -0.15) is 0 Å². The van der Waals surface area contributed by atoms with Crippen LogP contribution < -0.4 is 5.32 Å². The van der Waals surface area contributed by atoms with Crippen molar-refractivity contribution in [2.24, 2.45) is 0 Å². The number of benzene rings is 3. The van der Waals surface area contributed by atoms with Gasteiger partial charge in [0.1, 0.15) is 11.5 Å². The molecule has 0 fully saturated rings. The Labute approximate surface area is 155 Å². The summed E-state index contributed by atoms with van der Waals surface area (Å²) >= 11 is 0. The quantitative estimate of drug-likeness (QED) is 0.252. The second-order valence-electron chi connectivity index (χ2n) is 7.07. The zero-order chi connectivity index (χ0) is 18.5. The van der Waals surface area contributed by atoms with Gasteiger partial charge in [0.05, 0.1) is 0 Å². The van der Waals surface area contributed by atoms with E-state index in [1.807, 2.05) is 30.3 Å². The number of anilines is 1. The highest BCUT2D eigenvalue weighted by atomic mass is 16.3. The van der Waals surface area contributed by atoms with Gasteiger partial charge in [0.15, 0.2) is 0 Å². The molecule has 0 radical (unpaired) electrons. The van der Waals surface area contributed by atoms with Crippen molar-refractivity contribution in [2.75, 3.05) is 11.9 Å². The summed E-state index contributed by atoms with van der Waals surface area (Å²) in [4.78, 5) is 0. The van der Waals surface area contributed by atoms with Gasteiger partial charge in [-0.1, -0.05) is 45.2 Å². The van der Waals surface area contributed by atoms with Gasteiger partial charge in [-0.25, -0.2) is 0 Å². The Morgan fingerprint density at radius 3 is 2.12 bits per heavy atom. The van der Waals surface area contributed by atoms with Gasteiger partial charge in [-0.05, 0) is 49.1 Å². The Morgan fingerprint density at radius 1 is 0.731 bits per heavy atom. The largest absolute Gasteiger partial charge is 0.507 e. The molecule has 0 bridgehead atoms. The van der Waals surface area contributed by atoms with E-state index >= 15 is 0 Å². The lowest BCUT2D eigenvalue weighted by Crippen LogP contribution is -2.00. The number of rotatable bonds is 8. The standard InChI is InChI=1S/C23H29NO2/c1-3-5-7-8-16-9-11-18-20(14-16)23(26)21-15-17(24-13-6-4-2)10-12-19(21)22(18)25/h9-12,14-15,24-26H,3-8,13H2,1-2H3. The molecule has 0 heterocycles. The van der Waals surface area contributed by atoms with Crippen LogP contribution in [-0.4, -0.2) is 16.8 Å². The molecular weight excluding hydrogens is 322 g/mol. The first-order valence-electron chi connectivity index (χ1n) is 9.79. The average Bonchev–Trinajstić information content (AvgIpc) is 2.66. The summed E-state index contributed by atoms with van der Waals surface area (Å²) in [6.07, 6.45) is 6.79. The van der Waals surface area contributed by atoms with Crippen molar-refractivity contribution in [1.29, 1.82) is 0 Å². The molecular formula is C23H29NO2. The Morgan fingerprint density at radius 2 is 1.38 bits per heavy atom. The van der Waals surface area contributed by atoms with Crippen LogP contribution in [0.2, 0.25) is 0 Å². The summed E-state index contributed by atoms with van der Waals surface area (Å²) < 4.78 is 0. The number of aromatic hydroxyl groups is 2. The molecule has 0 aliphatic carbocycles. The zero-order valence-corrected chi connectivity index (χ0v) is 15.8. The molecule has 0 saturated heterocycles. The molecule has 0 aliphatic rings. The summed E-state index contributed by atoms with van der Waals surface area (Å²) in [6.45, 7) is 5.27. The number of unbranched alkanes of at least 4 members (excludes halogenated alkanes) is 3. The molecule has 0 saturated carbocycles. The first kappa shape index (κ1) is 18.4. The van der Waals surface area contributed by atoms with Crippen molar-refractivity contribution < 1.29 is 10.2 Å². The van der Waals surface area contributed by atoms with E-state index in [4.69, 9.17) is 0 Å². The second kappa shape index (κ2) is 8.31. The zero-order valence-electron chi connectivity index (χ0n) is 15.8. The van der Waals surface area contributed by atoms with E-state index in [1.165, 1.54) is 18.4 Å². The van der Waals surface area contributed by atoms with Gasteiger partial charge in [0, 0.05) is 33.8 Å². The maximum absolute atomic E-state index is 10.9. The molecule has 0 spiro atoms. The molecule has 0 aromatic heterocycles. The van der Waals surface area contributed by atoms with Crippen molar-refractivity contribution >= 4 is 27.2 Å². The minimum absolute atomic E-state index is 0.244. The number of phenolic OH excluding ortho intramolecular Hbond substituents is 2. The molecule has 3 N–H and O–H groups in total. The van der Waals surface area contributed by atoms with Crippen molar-refractivity contribution in [3.8, 4) is 11.5 Å². The van der Waals surface area contributed by atoms with E-state index < -0.39 is 0 Å². The molecule has 3 heteroatoms. The highest BCUT2D eigenvalue weighted by Gasteiger charge is 2.14. The van der Waals surface area contributed by atoms with E-state index in [0.29, 0.717) is 16.2 Å². The highest BCUT2D eigenvalue weighted by Crippen LogP contribution is 2.42. The number of phenols is 2. The van der Waals surface area contributed by atoms with Crippen LogP contribution in [0, 0.1) is 0 Å². The topological polar surface area (TPSA) is 52.5 Å². The fourth-order valence-corrected chi connectivity index (χ4v) is 3.48.